The number of ether oxygens (including phenoxy) is 1. The van der Waals surface area contributed by atoms with E-state index in [1.165, 1.54) is 10.6 Å². The maximum atomic E-state index is 12.1. The van der Waals surface area contributed by atoms with E-state index in [1.807, 2.05) is 0 Å². The Balaban J connectivity index is 2.19. The Kier molecular flexibility index (Phi) is 3.28. The van der Waals surface area contributed by atoms with Crippen LogP contribution in [0.2, 0.25) is 0 Å². The first kappa shape index (κ1) is 11.9. The Morgan fingerprint density at radius 3 is 2.76 bits per heavy atom. The molecular weight excluding hydrogens is 222 g/mol. The molecule has 1 aliphatic rings. The molecule has 0 bridgehead atoms. The standard InChI is InChI=1S/C12H15NO4/c1-13-7-8(6-9(13)12(15)16)11(14)10-4-2-3-5-17-10/h6-7,10H,2-5H2,1H3,(H,15,16). The van der Waals surface area contributed by atoms with Crippen LogP contribution in [0.4, 0.5) is 0 Å². The van der Waals surface area contributed by atoms with Crippen molar-refractivity contribution in [3.8, 4) is 0 Å². The number of carbonyl (C=O) groups is 2. The molecule has 2 heterocycles. The van der Waals surface area contributed by atoms with Gasteiger partial charge < -0.3 is 14.4 Å². The van der Waals surface area contributed by atoms with Crippen LogP contribution in [0.25, 0.3) is 0 Å². The molecule has 0 aliphatic carbocycles. The maximum Gasteiger partial charge on any atom is 0.352 e. The van der Waals surface area contributed by atoms with Crippen LogP contribution >= 0.6 is 0 Å². The summed E-state index contributed by atoms with van der Waals surface area (Å²) in [6.45, 7) is 0.606. The van der Waals surface area contributed by atoms with Crippen LogP contribution in [0, 0.1) is 0 Å². The predicted octanol–water partition coefficient (Wildman–Crippen LogP) is 1.48. The molecule has 1 unspecified atom stereocenters. The van der Waals surface area contributed by atoms with Gasteiger partial charge in [-0.25, -0.2) is 4.79 Å². The molecule has 1 fully saturated rings. The zero-order chi connectivity index (χ0) is 12.4. The average molecular weight is 237 g/mol. The summed E-state index contributed by atoms with van der Waals surface area (Å²) in [7, 11) is 1.61. The molecule has 0 spiro atoms. The highest BCUT2D eigenvalue weighted by Crippen LogP contribution is 2.18. The summed E-state index contributed by atoms with van der Waals surface area (Å²) in [6.07, 6.45) is 3.82. The smallest absolute Gasteiger partial charge is 0.352 e. The van der Waals surface area contributed by atoms with Crippen LogP contribution in [0.5, 0.6) is 0 Å². The number of nitrogens with zero attached hydrogens (tertiary/aromatic N) is 1. The van der Waals surface area contributed by atoms with Gasteiger partial charge >= 0.3 is 5.97 Å². The number of carbonyl (C=O) groups excluding carboxylic acids is 1. The Hall–Kier alpha value is -1.62. The lowest BCUT2D eigenvalue weighted by Gasteiger charge is -2.20. The van der Waals surface area contributed by atoms with Gasteiger partial charge in [0.2, 0.25) is 0 Å². The lowest BCUT2D eigenvalue weighted by molar-refractivity contribution is 0.0186. The quantitative estimate of drug-likeness (QED) is 0.808. The number of hydrogen-bond donors (Lipinski definition) is 1. The molecule has 0 amide bonds. The Morgan fingerprint density at radius 2 is 2.24 bits per heavy atom. The molecule has 1 saturated heterocycles. The van der Waals surface area contributed by atoms with Gasteiger partial charge in [0, 0.05) is 25.4 Å². The summed E-state index contributed by atoms with van der Waals surface area (Å²) in [5.41, 5.74) is 0.529. The number of hydrogen-bond acceptors (Lipinski definition) is 3. The minimum atomic E-state index is -1.03. The Morgan fingerprint density at radius 1 is 1.47 bits per heavy atom. The van der Waals surface area contributed by atoms with Gasteiger partial charge in [-0.3, -0.25) is 4.79 Å². The second-order valence-corrected chi connectivity index (χ2v) is 4.25. The van der Waals surface area contributed by atoms with Gasteiger partial charge in [-0.2, -0.15) is 0 Å². The van der Waals surface area contributed by atoms with Gasteiger partial charge in [0.25, 0.3) is 0 Å². The van der Waals surface area contributed by atoms with Crippen molar-refractivity contribution in [2.75, 3.05) is 6.61 Å². The molecule has 1 atom stereocenters. The van der Waals surface area contributed by atoms with Crippen molar-refractivity contribution in [3.05, 3.63) is 23.5 Å². The monoisotopic (exact) mass is 237 g/mol. The third-order valence-corrected chi connectivity index (χ3v) is 2.98. The van der Waals surface area contributed by atoms with E-state index < -0.39 is 12.1 Å². The van der Waals surface area contributed by atoms with Gasteiger partial charge in [-0.15, -0.1) is 0 Å². The molecule has 1 aromatic heterocycles. The molecule has 17 heavy (non-hydrogen) atoms. The molecule has 5 nitrogen and oxygen atoms in total. The van der Waals surface area contributed by atoms with Crippen LogP contribution < -0.4 is 0 Å². The van der Waals surface area contributed by atoms with Gasteiger partial charge in [0.1, 0.15) is 11.8 Å². The van der Waals surface area contributed by atoms with Gasteiger partial charge in [0.05, 0.1) is 0 Å². The van der Waals surface area contributed by atoms with E-state index in [2.05, 4.69) is 0 Å². The highest BCUT2D eigenvalue weighted by molar-refractivity contribution is 6.01. The summed E-state index contributed by atoms with van der Waals surface area (Å²) in [5, 5.41) is 8.91. The summed E-state index contributed by atoms with van der Waals surface area (Å²) in [6, 6.07) is 1.41. The second kappa shape index (κ2) is 4.71. The van der Waals surface area contributed by atoms with Crippen molar-refractivity contribution in [1.82, 2.24) is 4.57 Å². The van der Waals surface area contributed by atoms with E-state index in [0.29, 0.717) is 12.2 Å². The number of carboxylic acid groups (broad SMARTS) is 1. The second-order valence-electron chi connectivity index (χ2n) is 4.25. The zero-order valence-corrected chi connectivity index (χ0v) is 9.68. The van der Waals surface area contributed by atoms with E-state index in [4.69, 9.17) is 9.84 Å². The number of rotatable bonds is 3. The molecule has 0 aromatic carbocycles. The Bertz CT molecular complexity index is 443. The van der Waals surface area contributed by atoms with E-state index in [-0.39, 0.29) is 11.5 Å². The van der Waals surface area contributed by atoms with E-state index in [0.717, 1.165) is 19.3 Å². The highest BCUT2D eigenvalue weighted by Gasteiger charge is 2.25. The molecule has 0 radical (unpaired) electrons. The van der Waals surface area contributed by atoms with Gasteiger partial charge in [-0.1, -0.05) is 0 Å². The first-order chi connectivity index (χ1) is 8.09. The number of aryl methyl sites for hydroxylation is 1. The summed E-state index contributed by atoms with van der Waals surface area (Å²) in [5.74, 6) is -1.15. The number of aromatic carboxylic acids is 1. The largest absolute Gasteiger partial charge is 0.477 e. The summed E-state index contributed by atoms with van der Waals surface area (Å²) < 4.78 is 6.84. The fourth-order valence-corrected chi connectivity index (χ4v) is 2.05. The molecular formula is C12H15NO4. The van der Waals surface area contributed by atoms with E-state index >= 15 is 0 Å². The van der Waals surface area contributed by atoms with Gasteiger partial charge in [0.15, 0.2) is 5.78 Å². The minimum Gasteiger partial charge on any atom is -0.477 e. The number of carboxylic acids is 1. The highest BCUT2D eigenvalue weighted by atomic mass is 16.5. The topological polar surface area (TPSA) is 68.5 Å². The summed E-state index contributed by atoms with van der Waals surface area (Å²) >= 11 is 0. The third kappa shape index (κ3) is 2.39. The summed E-state index contributed by atoms with van der Waals surface area (Å²) in [4.78, 5) is 22.9. The average Bonchev–Trinajstić information content (AvgIpc) is 2.71. The normalized spacial score (nSPS) is 20.2. The lowest BCUT2D eigenvalue weighted by Crippen LogP contribution is -2.27. The molecule has 5 heteroatoms. The van der Waals surface area contributed by atoms with Crippen LogP contribution in [0.15, 0.2) is 12.3 Å². The molecule has 1 aliphatic heterocycles. The van der Waals surface area contributed by atoms with Crippen molar-refractivity contribution < 1.29 is 19.4 Å². The van der Waals surface area contributed by atoms with E-state index in [1.54, 1.807) is 13.2 Å². The maximum absolute atomic E-state index is 12.1. The van der Waals surface area contributed by atoms with E-state index in [9.17, 15) is 9.59 Å². The molecule has 1 N–H and O–H groups in total. The fourth-order valence-electron chi connectivity index (χ4n) is 2.05. The molecule has 0 saturated carbocycles. The molecule has 92 valence electrons. The predicted molar refractivity (Wildman–Crippen MR) is 60.3 cm³/mol. The number of aromatic nitrogens is 1. The number of ketones is 1. The fraction of sp³-hybridized carbons (Fsp3) is 0.500. The third-order valence-electron chi connectivity index (χ3n) is 2.98. The van der Waals surface area contributed by atoms with Crippen LogP contribution in [0.3, 0.4) is 0 Å². The zero-order valence-electron chi connectivity index (χ0n) is 9.68. The first-order valence-corrected chi connectivity index (χ1v) is 5.65. The Labute approximate surface area is 99.0 Å². The van der Waals surface area contributed by atoms with Crippen LogP contribution in [-0.4, -0.2) is 34.1 Å². The minimum absolute atomic E-state index is 0.115. The van der Waals surface area contributed by atoms with Crippen molar-refractivity contribution in [1.29, 1.82) is 0 Å². The number of Topliss-reactive ketones (excluding diaryl/α,β-unsaturated/α-hetero) is 1. The first-order valence-electron chi connectivity index (χ1n) is 5.65. The van der Waals surface area contributed by atoms with Crippen molar-refractivity contribution >= 4 is 11.8 Å². The molecule has 1 aromatic rings. The van der Waals surface area contributed by atoms with Gasteiger partial charge in [-0.05, 0) is 25.3 Å². The SMILES string of the molecule is Cn1cc(C(=O)C2CCCCO2)cc1C(=O)O. The lowest BCUT2D eigenvalue weighted by atomic mass is 10.0. The van der Waals surface area contributed by atoms with Crippen LogP contribution in [0.1, 0.15) is 40.1 Å². The molecule has 2 rings (SSSR count). The van der Waals surface area contributed by atoms with Crippen molar-refractivity contribution in [3.63, 3.8) is 0 Å². The van der Waals surface area contributed by atoms with Crippen molar-refractivity contribution in [2.24, 2.45) is 7.05 Å². The van der Waals surface area contributed by atoms with Crippen molar-refractivity contribution in [2.45, 2.75) is 25.4 Å². The van der Waals surface area contributed by atoms with Crippen LogP contribution in [-0.2, 0) is 11.8 Å².